The quantitative estimate of drug-likeness (QED) is 0.0408. The van der Waals surface area contributed by atoms with Gasteiger partial charge in [-0.2, -0.15) is 8.61 Å². The molecule has 450 valence electrons. The number of amides is 2. The molecule has 0 radical (unpaired) electrons. The maximum Gasteiger partial charge on any atom is 0.251 e. The third-order valence-electron chi connectivity index (χ3n) is 12.8. The summed E-state index contributed by atoms with van der Waals surface area (Å²) in [5.41, 5.74) is 1.51. The molecule has 0 aliphatic heterocycles. The number of benzene rings is 3. The van der Waals surface area contributed by atoms with E-state index in [4.69, 9.17) is 18.9 Å². The van der Waals surface area contributed by atoms with Crippen molar-refractivity contribution in [2.75, 3.05) is 73.6 Å². The van der Waals surface area contributed by atoms with E-state index in [1.54, 1.807) is 33.9 Å². The number of aliphatic hydroxyl groups excluding tert-OH is 2. The van der Waals surface area contributed by atoms with Crippen LogP contribution in [0.5, 0.6) is 11.5 Å². The molecule has 2 amide bonds. The zero-order valence-corrected chi connectivity index (χ0v) is 48.5. The van der Waals surface area contributed by atoms with Gasteiger partial charge in [-0.1, -0.05) is 43.3 Å². The van der Waals surface area contributed by atoms with Crippen LogP contribution >= 0.6 is 0 Å². The SMILES string of the molecule is COc1ccc(S(=O)(=O)N(Cc2cn(CCOCCNC(=O)c3cc(C(=O)NCCOCCn4cc(CN([C@@H](C(=O)CO)C(C)C)S(=O)(=O)c5ccc(OC)cc5)nn4)cc(-n4cc(CCCF)nn4)c3)nn2)[C@H](C(=O)CO)C(C)C)cc1. The fourth-order valence-corrected chi connectivity index (χ4v) is 12.1. The minimum atomic E-state index is -4.28. The van der Waals surface area contributed by atoms with Crippen molar-refractivity contribution in [2.45, 2.75) is 88.6 Å². The summed E-state index contributed by atoms with van der Waals surface area (Å²) in [6.07, 6.45) is 5.16. The lowest BCUT2D eigenvalue weighted by Gasteiger charge is -2.31. The number of carbonyl (C=O) groups excluding carboxylic acids is 4. The molecule has 6 rings (SSSR count). The normalized spacial score (nSPS) is 12.7. The fourth-order valence-electron chi connectivity index (χ4n) is 8.70. The molecule has 3 aromatic carbocycles. The molecule has 0 fully saturated rings. The Morgan fingerprint density at radius 2 is 1.02 bits per heavy atom. The van der Waals surface area contributed by atoms with Crippen LogP contribution in [0.4, 0.5) is 4.39 Å². The van der Waals surface area contributed by atoms with Gasteiger partial charge in [0.1, 0.15) is 24.7 Å². The first-order valence-corrected chi connectivity index (χ1v) is 29.3. The smallest absolute Gasteiger partial charge is 0.251 e. The number of sulfonamides is 2. The van der Waals surface area contributed by atoms with Crippen LogP contribution in [0.2, 0.25) is 0 Å². The number of nitrogens with one attached hydrogen (secondary N) is 2. The second-order valence-corrected chi connectivity index (χ2v) is 23.3. The second kappa shape index (κ2) is 30.7. The summed E-state index contributed by atoms with van der Waals surface area (Å²) in [5, 5.41) is 49.8. The van der Waals surface area contributed by atoms with Crippen LogP contribution < -0.4 is 20.1 Å². The van der Waals surface area contributed by atoms with E-state index >= 15 is 0 Å². The average Bonchev–Trinajstić information content (AvgIpc) is 4.39. The topological polar surface area (TPSA) is 337 Å². The van der Waals surface area contributed by atoms with E-state index in [1.807, 2.05) is 0 Å². The summed E-state index contributed by atoms with van der Waals surface area (Å²) in [5.74, 6) is -2.58. The molecule has 0 spiro atoms. The van der Waals surface area contributed by atoms with Crippen molar-refractivity contribution in [3.05, 3.63) is 114 Å². The summed E-state index contributed by atoms with van der Waals surface area (Å²) < 4.78 is 96.9. The van der Waals surface area contributed by atoms with Crippen molar-refractivity contribution in [3.8, 4) is 17.2 Å². The van der Waals surface area contributed by atoms with Gasteiger partial charge in [-0.3, -0.25) is 23.6 Å². The standard InChI is InChI=1S/C53H70FN13O14S2/c1-36(2)50(48(70)34-68)66(82(74,75)46-13-9-44(78-5)10-14-46)32-41-29-63(60-58-41)20-24-80-22-18-55-52(72)38-26-39(28-43(27-38)65-31-40(57-62-65)8-7-17-54)53(73)56-19-23-81-25-21-64-30-42(59-61-64)33-67(51(37(3)4)49(71)35-69)83(76,77)47-15-11-45(79-6)12-16-47/h9-16,26-31,36-37,50-51,68-69H,7-8,17-25,32-35H2,1-6H3,(H,55,72)(H,56,73)/t50-,51+. The van der Waals surface area contributed by atoms with Gasteiger partial charge >= 0.3 is 0 Å². The summed E-state index contributed by atoms with van der Waals surface area (Å²) in [7, 11) is -5.68. The second-order valence-electron chi connectivity index (χ2n) is 19.5. The van der Waals surface area contributed by atoms with Crippen LogP contribution in [-0.4, -0.2) is 190 Å². The maximum atomic E-state index is 14.0. The van der Waals surface area contributed by atoms with E-state index in [9.17, 15) is 50.6 Å². The molecule has 0 aliphatic rings. The van der Waals surface area contributed by atoms with Crippen molar-refractivity contribution in [1.29, 1.82) is 0 Å². The highest BCUT2D eigenvalue weighted by Crippen LogP contribution is 2.28. The summed E-state index contributed by atoms with van der Waals surface area (Å²) in [6.45, 7) is 4.61. The maximum absolute atomic E-state index is 14.0. The monoisotopic (exact) mass is 1200 g/mol. The Morgan fingerprint density at radius 3 is 1.41 bits per heavy atom. The van der Waals surface area contributed by atoms with E-state index in [0.717, 1.165) is 8.61 Å². The van der Waals surface area contributed by atoms with Crippen LogP contribution in [0.15, 0.2) is 95.1 Å². The lowest BCUT2D eigenvalue weighted by molar-refractivity contribution is -0.127. The zero-order valence-electron chi connectivity index (χ0n) is 46.9. The lowest BCUT2D eigenvalue weighted by Crippen LogP contribution is -2.48. The van der Waals surface area contributed by atoms with Crippen molar-refractivity contribution in [2.24, 2.45) is 11.8 Å². The number of Topliss-reactive ketones (excluding diaryl/α,β-unsaturated/α-hetero) is 2. The van der Waals surface area contributed by atoms with Crippen molar-refractivity contribution >= 4 is 43.4 Å². The Balaban J connectivity index is 1.02. The Kier molecular flexibility index (Phi) is 24.0. The Hall–Kier alpha value is -7.45. The average molecular weight is 1200 g/mol. The van der Waals surface area contributed by atoms with Gasteiger partial charge in [0.25, 0.3) is 11.8 Å². The predicted octanol–water partition coefficient (Wildman–Crippen LogP) is 1.82. The van der Waals surface area contributed by atoms with Gasteiger partial charge in [0, 0.05) is 36.6 Å². The molecule has 83 heavy (non-hydrogen) atoms. The summed E-state index contributed by atoms with van der Waals surface area (Å²) in [6, 6.07) is 13.4. The minimum Gasteiger partial charge on any atom is -0.497 e. The summed E-state index contributed by atoms with van der Waals surface area (Å²) in [4.78, 5) is 52.9. The molecule has 6 aromatic rings. The number of hydrogen-bond acceptors (Lipinski definition) is 20. The number of alkyl halides is 1. The molecular formula is C53H70FN13O14S2. The number of ether oxygens (including phenoxy) is 4. The van der Waals surface area contributed by atoms with Gasteiger partial charge in [0.15, 0.2) is 11.6 Å². The van der Waals surface area contributed by atoms with Crippen LogP contribution in [-0.2, 0) is 71.7 Å². The molecular weight excluding hydrogens is 1130 g/mol. The summed E-state index contributed by atoms with van der Waals surface area (Å²) >= 11 is 0. The van der Waals surface area contributed by atoms with Gasteiger partial charge in [-0.05, 0) is 91.4 Å². The van der Waals surface area contributed by atoms with Crippen molar-refractivity contribution in [3.63, 3.8) is 0 Å². The Morgan fingerprint density at radius 1 is 0.602 bits per heavy atom. The number of carbonyl (C=O) groups is 4. The molecule has 4 N–H and O–H groups in total. The van der Waals surface area contributed by atoms with Gasteiger partial charge in [0.2, 0.25) is 20.0 Å². The number of ketones is 2. The molecule has 30 heteroatoms. The largest absolute Gasteiger partial charge is 0.497 e. The molecule has 27 nitrogen and oxygen atoms in total. The Labute approximate surface area is 480 Å². The molecule has 0 unspecified atom stereocenters. The van der Waals surface area contributed by atoms with E-state index in [1.165, 1.54) is 107 Å². The molecule has 0 aliphatic carbocycles. The van der Waals surface area contributed by atoms with Crippen LogP contribution in [0.25, 0.3) is 5.69 Å². The highest BCUT2D eigenvalue weighted by atomic mass is 32.2. The first kappa shape index (κ1) is 64.7. The highest BCUT2D eigenvalue weighted by Gasteiger charge is 2.40. The van der Waals surface area contributed by atoms with Gasteiger partial charge in [-0.25, -0.2) is 30.9 Å². The molecule has 0 bridgehead atoms. The number of aliphatic hydroxyl groups is 2. The molecule has 2 atom stereocenters. The first-order valence-electron chi connectivity index (χ1n) is 26.5. The van der Waals surface area contributed by atoms with Gasteiger partial charge in [0.05, 0.1) is 124 Å². The Bertz CT molecular complexity index is 3130. The van der Waals surface area contributed by atoms with E-state index < -0.39 is 87.2 Å². The van der Waals surface area contributed by atoms with Gasteiger partial charge < -0.3 is 39.8 Å². The number of nitrogens with zero attached hydrogens (tertiary/aromatic N) is 11. The lowest BCUT2D eigenvalue weighted by atomic mass is 10.00. The van der Waals surface area contributed by atoms with E-state index in [-0.39, 0.29) is 104 Å². The van der Waals surface area contributed by atoms with Crippen molar-refractivity contribution < 1.29 is 69.6 Å². The zero-order chi connectivity index (χ0) is 60.3. The molecule has 3 aromatic heterocycles. The van der Waals surface area contributed by atoms with E-state index in [2.05, 4.69) is 41.6 Å². The number of aromatic nitrogens is 9. The predicted molar refractivity (Wildman–Crippen MR) is 295 cm³/mol. The van der Waals surface area contributed by atoms with E-state index in [0.29, 0.717) is 29.3 Å². The minimum absolute atomic E-state index is 0.0555. The number of halogens is 1. The molecule has 0 saturated carbocycles. The molecule has 3 heterocycles. The number of methoxy groups -OCH3 is 2. The third-order valence-corrected chi connectivity index (χ3v) is 16.5. The number of rotatable bonds is 36. The van der Waals surface area contributed by atoms with Crippen LogP contribution in [0.1, 0.15) is 71.9 Å². The van der Waals surface area contributed by atoms with Crippen LogP contribution in [0, 0.1) is 11.8 Å². The van der Waals surface area contributed by atoms with Gasteiger partial charge in [-0.15, -0.1) is 15.3 Å². The number of hydrogen-bond donors (Lipinski definition) is 4. The fraction of sp³-hybridized carbons (Fsp3) is 0.472. The van der Waals surface area contributed by atoms with Crippen LogP contribution in [0.3, 0.4) is 0 Å². The third kappa shape index (κ3) is 17.5. The molecule has 0 saturated heterocycles. The highest BCUT2D eigenvalue weighted by molar-refractivity contribution is 7.89. The first-order chi connectivity index (χ1) is 39.7. The van der Waals surface area contributed by atoms with Crippen molar-refractivity contribution in [1.82, 2.24) is 64.2 Å². The number of aryl methyl sites for hydroxylation is 1.